The Hall–Kier alpha value is -1.69. The van der Waals surface area contributed by atoms with Gasteiger partial charge in [0.25, 0.3) is 0 Å². The van der Waals surface area contributed by atoms with Gasteiger partial charge in [0.2, 0.25) is 5.78 Å². The number of benzene rings is 2. The van der Waals surface area contributed by atoms with Crippen molar-refractivity contribution in [3.63, 3.8) is 0 Å². The van der Waals surface area contributed by atoms with E-state index in [1.54, 1.807) is 25.1 Å². The number of ketones is 1. The van der Waals surface area contributed by atoms with Crippen LogP contribution in [-0.2, 0) is 4.74 Å². The van der Waals surface area contributed by atoms with E-state index in [4.69, 9.17) is 4.74 Å². The number of esters is 1. The zero-order valence-electron chi connectivity index (χ0n) is 12.7. The van der Waals surface area contributed by atoms with Gasteiger partial charge in [-0.1, -0.05) is 24.3 Å². The van der Waals surface area contributed by atoms with Gasteiger partial charge in [-0.25, -0.2) is 4.79 Å². The molecule has 0 bridgehead atoms. The largest absolute Gasteiger partial charge is 0.451 e. The molecular formula is C18H17IO3. The Morgan fingerprint density at radius 2 is 1.73 bits per heavy atom. The lowest BCUT2D eigenvalue weighted by molar-refractivity contribution is 0.0318. The van der Waals surface area contributed by atoms with E-state index in [0.717, 1.165) is 14.7 Å². The molecule has 0 amide bonds. The summed E-state index contributed by atoms with van der Waals surface area (Å²) in [4.78, 5) is 24.5. The summed E-state index contributed by atoms with van der Waals surface area (Å²) in [7, 11) is 0. The average molecular weight is 408 g/mol. The normalized spacial score (nSPS) is 11.8. The first-order chi connectivity index (χ1) is 10.4. The van der Waals surface area contributed by atoms with Gasteiger partial charge in [0, 0.05) is 9.13 Å². The summed E-state index contributed by atoms with van der Waals surface area (Å²) in [5.41, 5.74) is 3.20. The van der Waals surface area contributed by atoms with Crippen molar-refractivity contribution in [2.75, 3.05) is 0 Å². The summed E-state index contributed by atoms with van der Waals surface area (Å²) in [5.74, 6) is -0.669. The number of aryl methyl sites for hydroxylation is 2. The maximum Gasteiger partial charge on any atom is 0.339 e. The zero-order chi connectivity index (χ0) is 16.3. The fraction of sp³-hybridized carbons (Fsp3) is 0.222. The van der Waals surface area contributed by atoms with E-state index in [0.29, 0.717) is 11.1 Å². The second kappa shape index (κ2) is 7.05. The molecule has 0 fully saturated rings. The standard InChI is InChI=1S/C18H17IO3/c1-11-8-9-14(10-12(11)2)17(20)13(3)22-18(21)15-6-4-5-7-16(15)19/h4-10,13H,1-3H3/t13-/m1/s1. The van der Waals surface area contributed by atoms with E-state index in [1.165, 1.54) is 0 Å². The van der Waals surface area contributed by atoms with Crippen LogP contribution in [0.25, 0.3) is 0 Å². The maximum atomic E-state index is 12.4. The van der Waals surface area contributed by atoms with Gasteiger partial charge in [-0.05, 0) is 72.7 Å². The van der Waals surface area contributed by atoms with Crippen molar-refractivity contribution in [1.82, 2.24) is 0 Å². The van der Waals surface area contributed by atoms with Crippen molar-refractivity contribution in [2.45, 2.75) is 26.9 Å². The van der Waals surface area contributed by atoms with Crippen LogP contribution >= 0.6 is 22.6 Å². The maximum absolute atomic E-state index is 12.4. The second-order valence-electron chi connectivity index (χ2n) is 5.19. The number of carbonyl (C=O) groups is 2. The van der Waals surface area contributed by atoms with E-state index in [1.807, 2.05) is 38.1 Å². The van der Waals surface area contributed by atoms with Crippen LogP contribution in [0, 0.1) is 17.4 Å². The average Bonchev–Trinajstić information content (AvgIpc) is 2.49. The van der Waals surface area contributed by atoms with Crippen LogP contribution in [0.2, 0.25) is 0 Å². The first-order valence-electron chi connectivity index (χ1n) is 6.97. The molecule has 0 spiro atoms. The van der Waals surface area contributed by atoms with Crippen LogP contribution < -0.4 is 0 Å². The van der Waals surface area contributed by atoms with Crippen LogP contribution in [0.15, 0.2) is 42.5 Å². The second-order valence-corrected chi connectivity index (χ2v) is 6.35. The predicted octanol–water partition coefficient (Wildman–Crippen LogP) is 4.34. The molecule has 0 aromatic heterocycles. The van der Waals surface area contributed by atoms with Crippen molar-refractivity contribution < 1.29 is 14.3 Å². The molecule has 4 heteroatoms. The molecule has 1 atom stereocenters. The summed E-state index contributed by atoms with van der Waals surface area (Å²) >= 11 is 2.07. The minimum absolute atomic E-state index is 0.192. The van der Waals surface area contributed by atoms with E-state index < -0.39 is 12.1 Å². The number of halogens is 1. The molecule has 0 unspecified atom stereocenters. The molecular weight excluding hydrogens is 391 g/mol. The summed E-state index contributed by atoms with van der Waals surface area (Å²) in [6.45, 7) is 5.55. The molecule has 2 aromatic rings. The molecule has 0 aliphatic carbocycles. The Bertz CT molecular complexity index is 722. The Morgan fingerprint density at radius 3 is 2.36 bits per heavy atom. The SMILES string of the molecule is Cc1ccc(C(=O)[C@@H](C)OC(=O)c2ccccc2I)cc1C. The van der Waals surface area contributed by atoms with Gasteiger partial charge < -0.3 is 4.74 Å². The summed E-state index contributed by atoms with van der Waals surface area (Å²) < 4.78 is 6.11. The Kier molecular flexibility index (Phi) is 5.34. The monoisotopic (exact) mass is 408 g/mol. The number of rotatable bonds is 4. The van der Waals surface area contributed by atoms with Crippen LogP contribution in [0.4, 0.5) is 0 Å². The number of carbonyl (C=O) groups excluding carboxylic acids is 2. The van der Waals surface area contributed by atoms with Crippen LogP contribution in [-0.4, -0.2) is 17.9 Å². The van der Waals surface area contributed by atoms with E-state index in [2.05, 4.69) is 22.6 Å². The van der Waals surface area contributed by atoms with Gasteiger partial charge in [-0.2, -0.15) is 0 Å². The van der Waals surface area contributed by atoms with Gasteiger partial charge in [0.1, 0.15) is 0 Å². The van der Waals surface area contributed by atoms with Crippen molar-refractivity contribution in [3.8, 4) is 0 Å². The molecule has 114 valence electrons. The minimum Gasteiger partial charge on any atom is -0.451 e. The van der Waals surface area contributed by atoms with Gasteiger partial charge in [-0.15, -0.1) is 0 Å². The lowest BCUT2D eigenvalue weighted by Crippen LogP contribution is -2.25. The van der Waals surface area contributed by atoms with Gasteiger partial charge in [0.05, 0.1) is 5.56 Å². The molecule has 2 rings (SSSR count). The smallest absolute Gasteiger partial charge is 0.339 e. The fourth-order valence-electron chi connectivity index (χ4n) is 2.03. The molecule has 0 heterocycles. The molecule has 0 saturated heterocycles. The van der Waals surface area contributed by atoms with Crippen molar-refractivity contribution >= 4 is 34.3 Å². The van der Waals surface area contributed by atoms with Gasteiger partial charge >= 0.3 is 5.97 Å². The zero-order valence-corrected chi connectivity index (χ0v) is 14.9. The van der Waals surface area contributed by atoms with E-state index in [-0.39, 0.29) is 5.78 Å². The first-order valence-corrected chi connectivity index (χ1v) is 8.05. The highest BCUT2D eigenvalue weighted by Gasteiger charge is 2.21. The summed E-state index contributed by atoms with van der Waals surface area (Å²) in [6.07, 6.45) is -0.814. The van der Waals surface area contributed by atoms with E-state index >= 15 is 0 Å². The Labute approximate surface area is 143 Å². The molecule has 3 nitrogen and oxygen atoms in total. The topological polar surface area (TPSA) is 43.4 Å². The van der Waals surface area contributed by atoms with Crippen LogP contribution in [0.3, 0.4) is 0 Å². The molecule has 0 aliphatic heterocycles. The molecule has 0 saturated carbocycles. The van der Waals surface area contributed by atoms with Crippen LogP contribution in [0.5, 0.6) is 0 Å². The highest BCUT2D eigenvalue weighted by Crippen LogP contribution is 2.16. The Morgan fingerprint density at radius 1 is 1.05 bits per heavy atom. The third-order valence-electron chi connectivity index (χ3n) is 3.54. The first kappa shape index (κ1) is 16.7. The number of hydrogen-bond acceptors (Lipinski definition) is 3. The molecule has 0 radical (unpaired) electrons. The number of ether oxygens (including phenoxy) is 1. The van der Waals surface area contributed by atoms with Crippen molar-refractivity contribution in [3.05, 3.63) is 68.3 Å². The third-order valence-corrected chi connectivity index (χ3v) is 4.48. The minimum atomic E-state index is -0.814. The molecule has 0 aliphatic rings. The lowest BCUT2D eigenvalue weighted by atomic mass is 10.0. The number of hydrogen-bond donors (Lipinski definition) is 0. The molecule has 2 aromatic carbocycles. The van der Waals surface area contributed by atoms with Crippen molar-refractivity contribution in [1.29, 1.82) is 0 Å². The summed E-state index contributed by atoms with van der Waals surface area (Å²) in [5, 5.41) is 0. The lowest BCUT2D eigenvalue weighted by Gasteiger charge is -2.14. The van der Waals surface area contributed by atoms with E-state index in [9.17, 15) is 9.59 Å². The predicted molar refractivity (Wildman–Crippen MR) is 94.3 cm³/mol. The molecule has 0 N–H and O–H groups in total. The highest BCUT2D eigenvalue weighted by molar-refractivity contribution is 14.1. The van der Waals surface area contributed by atoms with Gasteiger partial charge in [0.15, 0.2) is 6.10 Å². The fourth-order valence-corrected chi connectivity index (χ4v) is 2.64. The quantitative estimate of drug-likeness (QED) is 0.430. The molecule has 22 heavy (non-hydrogen) atoms. The van der Waals surface area contributed by atoms with Crippen LogP contribution in [0.1, 0.15) is 38.8 Å². The number of Topliss-reactive ketones (excluding diaryl/α,β-unsaturated/α-hetero) is 1. The Balaban J connectivity index is 2.13. The highest BCUT2D eigenvalue weighted by atomic mass is 127. The third kappa shape index (κ3) is 3.74. The van der Waals surface area contributed by atoms with Gasteiger partial charge in [-0.3, -0.25) is 4.79 Å². The van der Waals surface area contributed by atoms with Crippen molar-refractivity contribution in [2.24, 2.45) is 0 Å². The summed E-state index contributed by atoms with van der Waals surface area (Å²) in [6, 6.07) is 12.6.